The van der Waals surface area contributed by atoms with Gasteiger partial charge in [-0.3, -0.25) is 9.89 Å². The lowest BCUT2D eigenvalue weighted by molar-refractivity contribution is 0.0673. The minimum absolute atomic E-state index is 0.0754. The lowest BCUT2D eigenvalue weighted by atomic mass is 10.1. The maximum atomic E-state index is 12.2. The highest BCUT2D eigenvalue weighted by atomic mass is 16.2. The maximum absolute atomic E-state index is 12.2. The zero-order chi connectivity index (χ0) is 11.7. The predicted molar refractivity (Wildman–Crippen MR) is 61.3 cm³/mol. The molecular weight excluding hydrogens is 204 g/mol. The summed E-state index contributed by atoms with van der Waals surface area (Å²) in [6.45, 7) is 7.58. The molecule has 2 rings (SSSR count). The van der Waals surface area contributed by atoms with Gasteiger partial charge in [0.15, 0.2) is 0 Å². The van der Waals surface area contributed by atoms with Gasteiger partial charge in [0.05, 0.1) is 11.8 Å². The van der Waals surface area contributed by atoms with Gasteiger partial charge in [-0.25, -0.2) is 0 Å². The number of piperazine rings is 1. The lowest BCUT2D eigenvalue weighted by Gasteiger charge is -2.36. The summed E-state index contributed by atoms with van der Waals surface area (Å²) in [6.07, 6.45) is 1.61. The fraction of sp³-hybridized carbons (Fsp3) is 0.636. The number of hydrogen-bond acceptors (Lipinski definition) is 3. The second kappa shape index (κ2) is 4.25. The van der Waals surface area contributed by atoms with Gasteiger partial charge in [-0.1, -0.05) is 0 Å². The number of aryl methyl sites for hydroxylation is 1. The van der Waals surface area contributed by atoms with Crippen LogP contribution in [0.1, 0.15) is 29.9 Å². The van der Waals surface area contributed by atoms with Crippen LogP contribution < -0.4 is 5.32 Å². The SMILES string of the molecule is Cc1[nH]ncc1C(=O)N1CC(C)NC(C)C1. The van der Waals surface area contributed by atoms with E-state index in [9.17, 15) is 4.79 Å². The molecule has 1 aromatic rings. The van der Waals surface area contributed by atoms with E-state index in [1.165, 1.54) is 0 Å². The second-order valence-corrected chi connectivity index (χ2v) is 4.59. The third-order valence-corrected chi connectivity index (χ3v) is 2.91. The van der Waals surface area contributed by atoms with Crippen LogP contribution in [0.3, 0.4) is 0 Å². The summed E-state index contributed by atoms with van der Waals surface area (Å²) >= 11 is 0. The molecule has 0 saturated carbocycles. The standard InChI is InChI=1S/C11H18N4O/c1-7-5-15(6-8(2)13-7)11(16)10-4-12-14-9(10)3/h4,7-8,13H,5-6H2,1-3H3,(H,12,14). The molecule has 2 unspecified atom stereocenters. The van der Waals surface area contributed by atoms with Crippen LogP contribution in [0.5, 0.6) is 0 Å². The molecule has 0 radical (unpaired) electrons. The van der Waals surface area contributed by atoms with Gasteiger partial charge >= 0.3 is 0 Å². The Morgan fingerprint density at radius 1 is 1.44 bits per heavy atom. The Morgan fingerprint density at radius 2 is 2.06 bits per heavy atom. The van der Waals surface area contributed by atoms with Crippen molar-refractivity contribution in [3.05, 3.63) is 17.5 Å². The van der Waals surface area contributed by atoms with Crippen LogP contribution in [-0.4, -0.2) is 46.2 Å². The minimum atomic E-state index is 0.0754. The quantitative estimate of drug-likeness (QED) is 0.729. The van der Waals surface area contributed by atoms with Crippen molar-refractivity contribution in [1.82, 2.24) is 20.4 Å². The summed E-state index contributed by atoms with van der Waals surface area (Å²) in [5.74, 6) is 0.0754. The van der Waals surface area contributed by atoms with Gasteiger partial charge in [-0.2, -0.15) is 5.10 Å². The number of amides is 1. The van der Waals surface area contributed by atoms with E-state index in [4.69, 9.17) is 0 Å². The number of aromatic amines is 1. The highest BCUT2D eigenvalue weighted by Gasteiger charge is 2.26. The third kappa shape index (κ3) is 2.09. The first-order valence-electron chi connectivity index (χ1n) is 5.63. The molecule has 1 aliphatic rings. The molecule has 1 fully saturated rings. The minimum Gasteiger partial charge on any atom is -0.335 e. The summed E-state index contributed by atoms with van der Waals surface area (Å²) < 4.78 is 0. The first kappa shape index (κ1) is 11.1. The Bertz CT molecular complexity index is 377. The van der Waals surface area contributed by atoms with Crippen molar-refractivity contribution in [3.63, 3.8) is 0 Å². The van der Waals surface area contributed by atoms with E-state index < -0.39 is 0 Å². The van der Waals surface area contributed by atoms with Crippen molar-refractivity contribution in [1.29, 1.82) is 0 Å². The highest BCUT2D eigenvalue weighted by molar-refractivity contribution is 5.95. The molecule has 1 aromatic heterocycles. The van der Waals surface area contributed by atoms with E-state index in [-0.39, 0.29) is 5.91 Å². The number of H-pyrrole nitrogens is 1. The molecule has 0 bridgehead atoms. The molecule has 0 aliphatic carbocycles. The van der Waals surface area contributed by atoms with Crippen LogP contribution in [0.15, 0.2) is 6.20 Å². The molecule has 1 amide bonds. The Balaban J connectivity index is 2.13. The number of nitrogens with zero attached hydrogens (tertiary/aromatic N) is 2. The van der Waals surface area contributed by atoms with Crippen LogP contribution in [0.4, 0.5) is 0 Å². The number of carbonyl (C=O) groups is 1. The fourth-order valence-corrected chi connectivity index (χ4v) is 2.23. The number of carbonyl (C=O) groups excluding carboxylic acids is 1. The zero-order valence-corrected chi connectivity index (χ0v) is 9.95. The third-order valence-electron chi connectivity index (χ3n) is 2.91. The molecule has 5 nitrogen and oxygen atoms in total. The van der Waals surface area contributed by atoms with Crippen molar-refractivity contribution in [2.75, 3.05) is 13.1 Å². The molecule has 2 atom stereocenters. The van der Waals surface area contributed by atoms with Crippen molar-refractivity contribution < 1.29 is 4.79 Å². The van der Waals surface area contributed by atoms with Crippen LogP contribution in [0.25, 0.3) is 0 Å². The summed E-state index contributed by atoms with van der Waals surface area (Å²) in [5, 5.41) is 10.1. The smallest absolute Gasteiger partial charge is 0.257 e. The molecule has 1 aliphatic heterocycles. The zero-order valence-electron chi connectivity index (χ0n) is 9.95. The van der Waals surface area contributed by atoms with Gasteiger partial charge in [0, 0.05) is 30.9 Å². The average molecular weight is 222 g/mol. The van der Waals surface area contributed by atoms with Gasteiger partial charge in [0.2, 0.25) is 0 Å². The van der Waals surface area contributed by atoms with Gasteiger partial charge in [-0.05, 0) is 20.8 Å². The van der Waals surface area contributed by atoms with Crippen molar-refractivity contribution in [3.8, 4) is 0 Å². The monoisotopic (exact) mass is 222 g/mol. The Labute approximate surface area is 95.2 Å². The number of aromatic nitrogens is 2. The molecule has 2 N–H and O–H groups in total. The summed E-state index contributed by atoms with van der Waals surface area (Å²) in [5.41, 5.74) is 1.52. The maximum Gasteiger partial charge on any atom is 0.257 e. The van der Waals surface area contributed by atoms with Crippen molar-refractivity contribution in [2.45, 2.75) is 32.9 Å². The lowest BCUT2D eigenvalue weighted by Crippen LogP contribution is -2.55. The van der Waals surface area contributed by atoms with Gasteiger partial charge in [0.25, 0.3) is 5.91 Å². The highest BCUT2D eigenvalue weighted by Crippen LogP contribution is 2.11. The van der Waals surface area contributed by atoms with Crippen LogP contribution in [0, 0.1) is 6.92 Å². The normalized spacial score (nSPS) is 25.8. The van der Waals surface area contributed by atoms with Gasteiger partial charge in [0.1, 0.15) is 0 Å². The molecule has 0 spiro atoms. The van der Waals surface area contributed by atoms with E-state index in [1.807, 2.05) is 11.8 Å². The molecule has 2 heterocycles. The number of rotatable bonds is 1. The summed E-state index contributed by atoms with van der Waals surface area (Å²) in [7, 11) is 0. The van der Waals surface area contributed by atoms with Crippen LogP contribution >= 0.6 is 0 Å². The molecule has 16 heavy (non-hydrogen) atoms. The topological polar surface area (TPSA) is 61.0 Å². The predicted octanol–water partition coefficient (Wildman–Crippen LogP) is 0.541. The van der Waals surface area contributed by atoms with E-state index in [2.05, 4.69) is 29.4 Å². The van der Waals surface area contributed by atoms with E-state index in [0.29, 0.717) is 17.6 Å². The fourth-order valence-electron chi connectivity index (χ4n) is 2.23. The largest absolute Gasteiger partial charge is 0.335 e. The van der Waals surface area contributed by atoms with E-state index >= 15 is 0 Å². The second-order valence-electron chi connectivity index (χ2n) is 4.59. The molecule has 88 valence electrons. The first-order chi connectivity index (χ1) is 7.58. The van der Waals surface area contributed by atoms with Crippen molar-refractivity contribution in [2.24, 2.45) is 0 Å². The molecule has 0 aromatic carbocycles. The van der Waals surface area contributed by atoms with Crippen LogP contribution in [-0.2, 0) is 0 Å². The van der Waals surface area contributed by atoms with Crippen LogP contribution in [0.2, 0.25) is 0 Å². The summed E-state index contributed by atoms with van der Waals surface area (Å²) in [6, 6.07) is 0.694. The first-order valence-corrected chi connectivity index (χ1v) is 5.63. The summed E-state index contributed by atoms with van der Waals surface area (Å²) in [4.78, 5) is 14.1. The number of nitrogens with one attached hydrogen (secondary N) is 2. The Hall–Kier alpha value is -1.36. The average Bonchev–Trinajstić information content (AvgIpc) is 2.62. The Morgan fingerprint density at radius 3 is 2.56 bits per heavy atom. The Kier molecular flexibility index (Phi) is 2.96. The molecule has 5 heteroatoms. The number of hydrogen-bond donors (Lipinski definition) is 2. The van der Waals surface area contributed by atoms with Crippen molar-refractivity contribution >= 4 is 5.91 Å². The van der Waals surface area contributed by atoms with Gasteiger partial charge < -0.3 is 10.2 Å². The van der Waals surface area contributed by atoms with Gasteiger partial charge in [-0.15, -0.1) is 0 Å². The van der Waals surface area contributed by atoms with E-state index in [0.717, 1.165) is 18.8 Å². The molecule has 1 saturated heterocycles. The van der Waals surface area contributed by atoms with E-state index in [1.54, 1.807) is 6.20 Å². The molecular formula is C11H18N4O.